The molecular weight excluding hydrogens is 322 g/mol. The molecule has 0 unspecified atom stereocenters. The van der Waals surface area contributed by atoms with Crippen molar-refractivity contribution < 1.29 is 61.3 Å². The van der Waals surface area contributed by atoms with Gasteiger partial charge in [-0.25, -0.2) is 0 Å². The van der Waals surface area contributed by atoms with Crippen LogP contribution in [0.15, 0.2) is 0 Å². The van der Waals surface area contributed by atoms with Gasteiger partial charge in [-0.15, -0.1) is 0 Å². The first kappa shape index (κ1) is 25.5. The van der Waals surface area contributed by atoms with Crippen molar-refractivity contribution in [2.45, 2.75) is 0 Å². The van der Waals surface area contributed by atoms with E-state index in [2.05, 4.69) is 0 Å². The van der Waals surface area contributed by atoms with E-state index in [1.54, 1.807) is 0 Å². The molecule has 0 aromatic rings. The van der Waals surface area contributed by atoms with E-state index in [1.165, 1.54) is 0 Å². The van der Waals surface area contributed by atoms with Gasteiger partial charge in [-0.2, -0.15) is 0 Å². The third kappa shape index (κ3) is 9.16. The zero-order valence-electron chi connectivity index (χ0n) is 1.36. The van der Waals surface area contributed by atoms with Gasteiger partial charge >= 0.3 is 51.4 Å². The average molecular weight is 323 g/mol. The van der Waals surface area contributed by atoms with Gasteiger partial charge in [0.05, 0.1) is 0 Å². The molecule has 0 N–H and O–H groups in total. The molecule has 17 valence electrons. The normalized spacial score (nSPS) is 0. The Morgan fingerprint density at radius 3 is 1.00 bits per heavy atom. The van der Waals surface area contributed by atoms with E-state index >= 15 is 0 Å². The second-order valence-electron chi connectivity index (χ2n) is 0. The Morgan fingerprint density at radius 1 is 1.00 bits per heavy atom. The van der Waals surface area contributed by atoms with Crippen LogP contribution in [0.5, 0.6) is 0 Å². The van der Waals surface area contributed by atoms with Crippen molar-refractivity contribution >= 4 is 51.4 Å². The van der Waals surface area contributed by atoms with Gasteiger partial charge in [-0.3, -0.25) is 0 Å². The molecule has 0 bridgehead atoms. The summed E-state index contributed by atoms with van der Waals surface area (Å²) >= 11 is 0. The van der Waals surface area contributed by atoms with Crippen LogP contribution in [0.25, 0.3) is 0 Å². The summed E-state index contributed by atoms with van der Waals surface area (Å²) in [5.74, 6) is 0. The zero-order valence-corrected chi connectivity index (χ0v) is 7.25. The van der Waals surface area contributed by atoms with Crippen LogP contribution in [-0.2, 0) is 61.3 Å². The van der Waals surface area contributed by atoms with Crippen LogP contribution in [-0.4, -0.2) is 51.4 Å². The van der Waals surface area contributed by atoms with Crippen LogP contribution in [0, 0.1) is 0 Å². The van der Waals surface area contributed by atoms with Crippen molar-refractivity contribution in [2.75, 3.05) is 0 Å². The van der Waals surface area contributed by atoms with E-state index in [1.807, 2.05) is 0 Å². The second kappa shape index (κ2) is 16.0. The molecule has 0 nitrogen and oxygen atoms in total. The predicted octanol–water partition coefficient (Wildman–Crippen LogP) is -0.656. The first-order valence-electron chi connectivity index (χ1n) is 0. The van der Waals surface area contributed by atoms with Gasteiger partial charge in [0.15, 0.2) is 0 Å². The molecule has 0 aliphatic rings. The molecule has 0 atom stereocenters. The van der Waals surface area contributed by atoms with E-state index in [4.69, 9.17) is 0 Å². The minimum Gasteiger partial charge on any atom is 0 e. The zero-order chi connectivity index (χ0) is 0. The maximum absolute atomic E-state index is 0. The summed E-state index contributed by atoms with van der Waals surface area (Å²) < 4.78 is 0. The van der Waals surface area contributed by atoms with Crippen LogP contribution in [0.3, 0.4) is 0 Å². The van der Waals surface area contributed by atoms with Crippen molar-refractivity contribution in [2.24, 2.45) is 0 Å². The maximum Gasteiger partial charge on any atom is 0 e. The molecule has 0 fully saturated rings. The maximum atomic E-state index is 0. The van der Waals surface area contributed by atoms with Gasteiger partial charge in [0.2, 0.25) is 0 Å². The van der Waals surface area contributed by atoms with Gasteiger partial charge in [-0.05, 0) is 0 Å². The SMILES string of the molecule is [KH].[Ti].[V].[W]. The Kier molecular flexibility index (Phi) is 102. The topological polar surface area (TPSA) is 0 Å². The van der Waals surface area contributed by atoms with Gasteiger partial charge in [0.1, 0.15) is 0 Å². The first-order valence-corrected chi connectivity index (χ1v) is 0. The largest absolute Gasteiger partial charge is 0 e. The van der Waals surface area contributed by atoms with Gasteiger partial charge in [-0.1, -0.05) is 0 Å². The van der Waals surface area contributed by atoms with Crippen LogP contribution in [0.1, 0.15) is 0 Å². The van der Waals surface area contributed by atoms with Crippen LogP contribution in [0.2, 0.25) is 0 Å². The summed E-state index contributed by atoms with van der Waals surface area (Å²) in [6.45, 7) is 0. The quantitative estimate of drug-likeness (QED) is 0.520. The summed E-state index contributed by atoms with van der Waals surface area (Å²) in [5, 5.41) is 0. The van der Waals surface area contributed by atoms with E-state index in [0.717, 1.165) is 0 Å². The van der Waals surface area contributed by atoms with Crippen molar-refractivity contribution in [3.8, 4) is 0 Å². The minimum absolute atomic E-state index is 0. The van der Waals surface area contributed by atoms with E-state index in [-0.39, 0.29) is 113 Å². The molecule has 1 radical (unpaired) electrons. The van der Waals surface area contributed by atoms with Crippen LogP contribution < -0.4 is 0 Å². The molecular formula is HKTiVW. The third-order valence-electron chi connectivity index (χ3n) is 0. The Balaban J connectivity index is 0. The molecule has 0 aliphatic heterocycles. The molecule has 4 heteroatoms. The molecule has 0 saturated carbocycles. The smallest absolute Gasteiger partial charge is 0 e. The summed E-state index contributed by atoms with van der Waals surface area (Å²) in [6.07, 6.45) is 0. The Labute approximate surface area is 110 Å². The number of rotatable bonds is 0. The number of hydrogen-bond acceptors (Lipinski definition) is 0. The molecule has 0 heterocycles. The summed E-state index contributed by atoms with van der Waals surface area (Å²) in [6, 6.07) is 0. The molecule has 0 rings (SSSR count). The van der Waals surface area contributed by atoms with Gasteiger partial charge < -0.3 is 0 Å². The fourth-order valence-electron chi connectivity index (χ4n) is 0. The Morgan fingerprint density at radius 2 is 1.00 bits per heavy atom. The van der Waals surface area contributed by atoms with Gasteiger partial charge in [0.25, 0.3) is 0 Å². The molecule has 0 aromatic heterocycles. The minimum atomic E-state index is 0. The van der Waals surface area contributed by atoms with E-state index < -0.39 is 0 Å². The summed E-state index contributed by atoms with van der Waals surface area (Å²) in [5.41, 5.74) is 0. The molecule has 0 aromatic carbocycles. The van der Waals surface area contributed by atoms with Crippen LogP contribution in [0.4, 0.5) is 0 Å². The average Bonchev–Trinajstić information content (AvgIpc) is 0. The van der Waals surface area contributed by atoms with E-state index in [0.29, 0.717) is 0 Å². The second-order valence-corrected chi connectivity index (χ2v) is 0. The summed E-state index contributed by atoms with van der Waals surface area (Å²) in [4.78, 5) is 0. The molecule has 0 spiro atoms. The van der Waals surface area contributed by atoms with Gasteiger partial charge in [0, 0.05) is 61.3 Å². The first-order chi connectivity index (χ1) is 0. The van der Waals surface area contributed by atoms with E-state index in [9.17, 15) is 0 Å². The molecule has 0 amide bonds. The Hall–Kier alpha value is 3.62. The predicted molar refractivity (Wildman–Crippen MR) is 7.15 cm³/mol. The van der Waals surface area contributed by atoms with Crippen molar-refractivity contribution in [1.82, 2.24) is 0 Å². The molecule has 0 aliphatic carbocycles. The number of hydrogen-bond donors (Lipinski definition) is 0. The molecule has 0 saturated heterocycles. The van der Waals surface area contributed by atoms with Crippen molar-refractivity contribution in [1.29, 1.82) is 0 Å². The standard InChI is InChI=1S/K.Ti.V.W.H. The van der Waals surface area contributed by atoms with Crippen molar-refractivity contribution in [3.63, 3.8) is 0 Å². The van der Waals surface area contributed by atoms with Crippen LogP contribution >= 0.6 is 0 Å². The monoisotopic (exact) mass is 323 g/mol. The van der Waals surface area contributed by atoms with Crippen molar-refractivity contribution in [3.05, 3.63) is 0 Å². The molecule has 4 heavy (non-hydrogen) atoms. The Bertz CT molecular complexity index is 8.00. The third-order valence-corrected chi connectivity index (χ3v) is 0. The fraction of sp³-hybridized carbons (Fsp3) is 0. The fourth-order valence-corrected chi connectivity index (χ4v) is 0. The summed E-state index contributed by atoms with van der Waals surface area (Å²) in [7, 11) is 0.